The number of ether oxygens (including phenoxy) is 1. The van der Waals surface area contributed by atoms with Crippen molar-refractivity contribution in [2.24, 2.45) is 0 Å². The number of carbonyl (C=O) groups is 1. The molecule has 106 valence electrons. The number of anilines is 2. The van der Waals surface area contributed by atoms with Gasteiger partial charge in [-0.1, -0.05) is 0 Å². The zero-order chi connectivity index (χ0) is 14.4. The van der Waals surface area contributed by atoms with Gasteiger partial charge in [-0.25, -0.2) is 0 Å². The fourth-order valence-corrected chi connectivity index (χ4v) is 1.37. The molecule has 19 heavy (non-hydrogen) atoms. The van der Waals surface area contributed by atoms with Crippen molar-refractivity contribution < 1.29 is 9.53 Å². The van der Waals surface area contributed by atoms with Crippen molar-refractivity contribution in [2.45, 2.75) is 19.9 Å². The number of hydrogen-bond acceptors (Lipinski definition) is 7. The van der Waals surface area contributed by atoms with Crippen LogP contribution in [-0.2, 0) is 4.79 Å². The number of hydrogen-bond donors (Lipinski definition) is 2. The molecule has 1 amide bonds. The number of aromatic nitrogens is 3. The van der Waals surface area contributed by atoms with E-state index in [1.165, 1.54) is 7.11 Å². The molecule has 2 N–H and O–H groups in total. The van der Waals surface area contributed by atoms with Crippen LogP contribution in [0.1, 0.15) is 13.8 Å². The fourth-order valence-electron chi connectivity index (χ4n) is 1.37. The number of carbonyl (C=O) groups excluding carboxylic acids is 1. The van der Waals surface area contributed by atoms with Gasteiger partial charge in [0.05, 0.1) is 13.7 Å². The monoisotopic (exact) mass is 268 g/mol. The average molecular weight is 268 g/mol. The van der Waals surface area contributed by atoms with Gasteiger partial charge in [-0.15, -0.1) is 0 Å². The quantitative estimate of drug-likeness (QED) is 0.743. The molecule has 0 radical (unpaired) electrons. The second kappa shape index (κ2) is 6.72. The Balaban J connectivity index is 2.80. The predicted molar refractivity (Wildman–Crippen MR) is 72.5 cm³/mol. The molecule has 0 aromatic carbocycles. The van der Waals surface area contributed by atoms with E-state index >= 15 is 0 Å². The highest BCUT2D eigenvalue weighted by Gasteiger charge is 2.13. The molecule has 0 aliphatic carbocycles. The van der Waals surface area contributed by atoms with E-state index in [-0.39, 0.29) is 24.5 Å². The topological polar surface area (TPSA) is 92.3 Å². The summed E-state index contributed by atoms with van der Waals surface area (Å²) in [5.41, 5.74) is 0. The van der Waals surface area contributed by atoms with E-state index in [1.807, 2.05) is 13.8 Å². The molecule has 8 heteroatoms. The minimum Gasteiger partial charge on any atom is -0.467 e. The number of nitrogens with zero attached hydrogens (tertiary/aromatic N) is 4. The highest BCUT2D eigenvalue weighted by atomic mass is 16.5. The van der Waals surface area contributed by atoms with Crippen molar-refractivity contribution in [3.8, 4) is 6.01 Å². The first-order valence-electron chi connectivity index (χ1n) is 5.94. The van der Waals surface area contributed by atoms with Gasteiger partial charge in [0.1, 0.15) is 0 Å². The maximum Gasteiger partial charge on any atom is 0.322 e. The van der Waals surface area contributed by atoms with Crippen LogP contribution in [0.4, 0.5) is 11.9 Å². The number of amides is 1. The van der Waals surface area contributed by atoms with E-state index in [0.29, 0.717) is 11.9 Å². The zero-order valence-electron chi connectivity index (χ0n) is 11.9. The first-order valence-corrected chi connectivity index (χ1v) is 5.94. The van der Waals surface area contributed by atoms with Crippen LogP contribution in [0.25, 0.3) is 0 Å². The van der Waals surface area contributed by atoms with E-state index in [2.05, 4.69) is 25.6 Å². The Hall–Kier alpha value is -2.12. The van der Waals surface area contributed by atoms with Crippen LogP contribution in [0.5, 0.6) is 6.01 Å². The Kier molecular flexibility index (Phi) is 5.28. The molecular formula is C11H20N6O2. The zero-order valence-corrected chi connectivity index (χ0v) is 11.9. The smallest absolute Gasteiger partial charge is 0.322 e. The van der Waals surface area contributed by atoms with Crippen molar-refractivity contribution in [1.29, 1.82) is 0 Å². The minimum absolute atomic E-state index is 0.0945. The Morgan fingerprint density at radius 2 is 2.05 bits per heavy atom. The SMILES string of the molecule is CNc1nc(OC)nc(N(C)CC(=O)NC(C)C)n1. The molecule has 0 aliphatic rings. The molecule has 8 nitrogen and oxygen atoms in total. The fraction of sp³-hybridized carbons (Fsp3) is 0.636. The summed E-state index contributed by atoms with van der Waals surface area (Å²) in [4.78, 5) is 25.6. The second-order valence-electron chi connectivity index (χ2n) is 4.27. The summed E-state index contributed by atoms with van der Waals surface area (Å²) in [6.07, 6.45) is 0. The van der Waals surface area contributed by atoms with Crippen LogP contribution >= 0.6 is 0 Å². The third kappa shape index (κ3) is 4.57. The maximum atomic E-state index is 11.7. The van der Waals surface area contributed by atoms with Crippen molar-refractivity contribution in [1.82, 2.24) is 20.3 Å². The summed E-state index contributed by atoms with van der Waals surface area (Å²) in [7, 11) is 4.90. The highest BCUT2D eigenvalue weighted by molar-refractivity contribution is 5.80. The van der Waals surface area contributed by atoms with Crippen molar-refractivity contribution >= 4 is 17.8 Å². The second-order valence-corrected chi connectivity index (χ2v) is 4.27. The number of likely N-dealkylation sites (N-methyl/N-ethyl adjacent to an activating group) is 1. The van der Waals surface area contributed by atoms with Crippen LogP contribution in [0.2, 0.25) is 0 Å². The summed E-state index contributed by atoms with van der Waals surface area (Å²) in [5, 5.41) is 5.61. The Morgan fingerprint density at radius 1 is 1.37 bits per heavy atom. The molecule has 0 aliphatic heterocycles. The van der Waals surface area contributed by atoms with Gasteiger partial charge in [-0.05, 0) is 13.8 Å². The summed E-state index contributed by atoms with van der Waals surface area (Å²) >= 11 is 0. The van der Waals surface area contributed by atoms with Crippen LogP contribution in [-0.4, -0.2) is 54.7 Å². The van der Waals surface area contributed by atoms with Crippen molar-refractivity contribution in [3.63, 3.8) is 0 Å². The molecule has 1 rings (SSSR count). The molecule has 0 unspecified atom stereocenters. The van der Waals surface area contributed by atoms with Crippen molar-refractivity contribution in [3.05, 3.63) is 0 Å². The van der Waals surface area contributed by atoms with Gasteiger partial charge in [0.2, 0.25) is 17.8 Å². The van der Waals surface area contributed by atoms with Gasteiger partial charge in [-0.2, -0.15) is 15.0 Å². The van der Waals surface area contributed by atoms with Crippen LogP contribution in [0.3, 0.4) is 0 Å². The number of methoxy groups -OCH3 is 1. The molecule has 1 aromatic rings. The summed E-state index contributed by atoms with van der Waals surface area (Å²) in [5.74, 6) is 0.663. The molecule has 1 heterocycles. The van der Waals surface area contributed by atoms with Crippen molar-refractivity contribution in [2.75, 3.05) is 38.0 Å². The van der Waals surface area contributed by atoms with Gasteiger partial charge in [0, 0.05) is 20.1 Å². The molecule has 0 fully saturated rings. The number of rotatable bonds is 6. The van der Waals surface area contributed by atoms with Gasteiger partial charge >= 0.3 is 6.01 Å². The average Bonchev–Trinajstić information content (AvgIpc) is 2.36. The van der Waals surface area contributed by atoms with E-state index in [4.69, 9.17) is 4.74 Å². The lowest BCUT2D eigenvalue weighted by molar-refractivity contribution is -0.120. The molecule has 0 saturated carbocycles. The maximum absolute atomic E-state index is 11.7. The lowest BCUT2D eigenvalue weighted by Crippen LogP contribution is -2.39. The minimum atomic E-state index is -0.0945. The summed E-state index contributed by atoms with van der Waals surface area (Å²) in [6.45, 7) is 3.97. The Bertz CT molecular complexity index is 415. The first kappa shape index (κ1) is 14.9. The summed E-state index contributed by atoms with van der Waals surface area (Å²) < 4.78 is 4.99. The number of nitrogens with one attached hydrogen (secondary N) is 2. The van der Waals surface area contributed by atoms with E-state index < -0.39 is 0 Å². The molecule has 0 bridgehead atoms. The van der Waals surface area contributed by atoms with Gasteiger partial charge in [0.15, 0.2) is 0 Å². The third-order valence-corrected chi connectivity index (χ3v) is 2.18. The molecule has 1 aromatic heterocycles. The standard InChI is InChI=1S/C11H20N6O2/c1-7(2)13-8(18)6-17(4)10-14-9(12-3)15-11(16-10)19-5/h7H,6H2,1-5H3,(H,13,18)(H,12,14,15,16). The van der Waals surface area contributed by atoms with Crippen LogP contribution in [0.15, 0.2) is 0 Å². The van der Waals surface area contributed by atoms with Gasteiger partial charge in [-0.3, -0.25) is 4.79 Å². The Labute approximate surface area is 112 Å². The molecule has 0 spiro atoms. The van der Waals surface area contributed by atoms with E-state index in [9.17, 15) is 4.79 Å². The lowest BCUT2D eigenvalue weighted by atomic mass is 10.4. The van der Waals surface area contributed by atoms with E-state index in [1.54, 1.807) is 19.0 Å². The van der Waals surface area contributed by atoms with E-state index in [0.717, 1.165) is 0 Å². The highest BCUT2D eigenvalue weighted by Crippen LogP contribution is 2.12. The van der Waals surface area contributed by atoms with Crippen LogP contribution < -0.4 is 20.3 Å². The molecule has 0 saturated heterocycles. The molecular weight excluding hydrogens is 248 g/mol. The largest absolute Gasteiger partial charge is 0.467 e. The van der Waals surface area contributed by atoms with Gasteiger partial charge < -0.3 is 20.3 Å². The summed E-state index contributed by atoms with van der Waals surface area (Å²) in [6, 6.07) is 0.298. The Morgan fingerprint density at radius 3 is 2.58 bits per heavy atom. The van der Waals surface area contributed by atoms with Crippen LogP contribution in [0, 0.1) is 0 Å². The molecule has 0 atom stereocenters. The predicted octanol–water partition coefficient (Wildman–Crippen LogP) is -0.117. The lowest BCUT2D eigenvalue weighted by Gasteiger charge is -2.18. The third-order valence-electron chi connectivity index (χ3n) is 2.18. The first-order chi connectivity index (χ1) is 8.96. The normalized spacial score (nSPS) is 10.2. The van der Waals surface area contributed by atoms with Gasteiger partial charge in [0.25, 0.3) is 0 Å².